The zero-order chi connectivity index (χ0) is 7.47. The Morgan fingerprint density at radius 2 is 2.09 bits per heavy atom. The Labute approximate surface area is 68.3 Å². The zero-order valence-corrected chi connectivity index (χ0v) is 7.05. The van der Waals surface area contributed by atoms with Crippen molar-refractivity contribution in [1.82, 2.24) is 0 Å². The molecule has 1 nitrogen and oxygen atoms in total. The maximum atomic E-state index is 6.45. The van der Waals surface area contributed by atoms with E-state index in [-0.39, 0.29) is 0 Å². The lowest BCUT2D eigenvalue weighted by Crippen LogP contribution is -2.47. The molecule has 0 saturated heterocycles. The lowest BCUT2D eigenvalue weighted by Gasteiger charge is -2.35. The molecular weight excluding hydrogens is 134 g/mol. The first-order valence-electron chi connectivity index (χ1n) is 5.09. The number of hydrogen-bond donors (Lipinski definition) is 1. The SMILES string of the molecule is N[C@@]12CCC[C@H]1[C@H]1CC[C@@H]2C1. The summed E-state index contributed by atoms with van der Waals surface area (Å²) in [6.07, 6.45) is 8.60. The fourth-order valence-corrected chi connectivity index (χ4v) is 4.13. The molecule has 3 saturated carbocycles. The highest BCUT2D eigenvalue weighted by Gasteiger charge is 2.57. The van der Waals surface area contributed by atoms with E-state index < -0.39 is 0 Å². The summed E-state index contributed by atoms with van der Waals surface area (Å²) in [7, 11) is 0. The van der Waals surface area contributed by atoms with Crippen molar-refractivity contribution in [1.29, 1.82) is 0 Å². The van der Waals surface area contributed by atoms with Gasteiger partial charge >= 0.3 is 0 Å². The predicted octanol–water partition coefficient (Wildman–Crippen LogP) is 1.91. The largest absolute Gasteiger partial charge is 0.325 e. The van der Waals surface area contributed by atoms with Gasteiger partial charge in [0.15, 0.2) is 0 Å². The highest BCUT2D eigenvalue weighted by molar-refractivity contribution is 5.12. The van der Waals surface area contributed by atoms with Crippen LogP contribution in [0.2, 0.25) is 0 Å². The molecule has 0 aromatic rings. The summed E-state index contributed by atoms with van der Waals surface area (Å²) in [6, 6.07) is 0. The summed E-state index contributed by atoms with van der Waals surface area (Å²) in [4.78, 5) is 0. The average Bonchev–Trinajstić information content (AvgIpc) is 2.54. The maximum Gasteiger partial charge on any atom is 0.0214 e. The summed E-state index contributed by atoms with van der Waals surface area (Å²) >= 11 is 0. The van der Waals surface area contributed by atoms with Crippen molar-refractivity contribution in [2.24, 2.45) is 23.5 Å². The lowest BCUT2D eigenvalue weighted by atomic mass is 9.76. The highest BCUT2D eigenvalue weighted by atomic mass is 14.9. The Bertz CT molecular complexity index is 189. The Kier molecular flexibility index (Phi) is 1.07. The van der Waals surface area contributed by atoms with Gasteiger partial charge < -0.3 is 5.73 Å². The van der Waals surface area contributed by atoms with Gasteiger partial charge in [0.05, 0.1) is 0 Å². The maximum absolute atomic E-state index is 6.45. The molecule has 2 bridgehead atoms. The zero-order valence-electron chi connectivity index (χ0n) is 7.05. The van der Waals surface area contributed by atoms with Crippen LogP contribution >= 0.6 is 0 Å². The van der Waals surface area contributed by atoms with Crippen molar-refractivity contribution < 1.29 is 0 Å². The Hall–Kier alpha value is -0.0400. The predicted molar refractivity (Wildman–Crippen MR) is 45.1 cm³/mol. The van der Waals surface area contributed by atoms with Crippen molar-refractivity contribution in [3.8, 4) is 0 Å². The van der Waals surface area contributed by atoms with Crippen LogP contribution in [-0.2, 0) is 0 Å². The lowest BCUT2D eigenvalue weighted by molar-refractivity contribution is 0.210. The van der Waals surface area contributed by atoms with Gasteiger partial charge in [-0.2, -0.15) is 0 Å². The van der Waals surface area contributed by atoms with E-state index in [0.717, 1.165) is 17.8 Å². The van der Waals surface area contributed by atoms with E-state index >= 15 is 0 Å². The molecule has 3 aliphatic carbocycles. The van der Waals surface area contributed by atoms with Crippen LogP contribution in [0.15, 0.2) is 0 Å². The molecule has 0 unspecified atom stereocenters. The van der Waals surface area contributed by atoms with Gasteiger partial charge in [0.1, 0.15) is 0 Å². The normalized spacial score (nSPS) is 60.3. The third-order valence-electron chi connectivity index (χ3n) is 4.62. The molecule has 3 fully saturated rings. The van der Waals surface area contributed by atoms with E-state index in [2.05, 4.69) is 0 Å². The van der Waals surface area contributed by atoms with Crippen molar-refractivity contribution >= 4 is 0 Å². The second-order valence-corrected chi connectivity index (χ2v) is 4.88. The summed E-state index contributed by atoms with van der Waals surface area (Å²) in [5.41, 5.74) is 6.77. The Morgan fingerprint density at radius 1 is 1.18 bits per heavy atom. The van der Waals surface area contributed by atoms with Gasteiger partial charge in [-0.1, -0.05) is 6.42 Å². The molecule has 0 spiro atoms. The standard InChI is InChI=1S/C10H17N/c11-10-5-1-2-9(10)7-3-4-8(10)6-7/h7-9H,1-6,11H2/t7-,8+,9-,10+/m0/s1. The van der Waals surface area contributed by atoms with Crippen molar-refractivity contribution in [3.63, 3.8) is 0 Å². The average molecular weight is 151 g/mol. The van der Waals surface area contributed by atoms with E-state index in [1.54, 1.807) is 0 Å². The second-order valence-electron chi connectivity index (χ2n) is 4.88. The van der Waals surface area contributed by atoms with Crippen LogP contribution in [0.5, 0.6) is 0 Å². The number of fused-ring (bicyclic) bond motifs is 5. The first-order chi connectivity index (χ1) is 5.31. The van der Waals surface area contributed by atoms with Crippen LogP contribution in [0.1, 0.15) is 38.5 Å². The van der Waals surface area contributed by atoms with Gasteiger partial charge in [-0.25, -0.2) is 0 Å². The Balaban J connectivity index is 2.00. The number of nitrogens with two attached hydrogens (primary N) is 1. The summed E-state index contributed by atoms with van der Waals surface area (Å²) in [6.45, 7) is 0. The first-order valence-corrected chi connectivity index (χ1v) is 5.09. The highest BCUT2D eigenvalue weighted by Crippen LogP contribution is 2.59. The van der Waals surface area contributed by atoms with Crippen molar-refractivity contribution in [2.45, 2.75) is 44.1 Å². The van der Waals surface area contributed by atoms with Gasteiger partial charge in [0, 0.05) is 5.54 Å². The fraction of sp³-hybridized carbons (Fsp3) is 1.00. The van der Waals surface area contributed by atoms with E-state index in [4.69, 9.17) is 5.73 Å². The molecule has 4 atom stereocenters. The molecular formula is C10H17N. The van der Waals surface area contributed by atoms with Gasteiger partial charge in [-0.15, -0.1) is 0 Å². The molecule has 0 radical (unpaired) electrons. The molecule has 1 heteroatoms. The molecule has 0 aromatic heterocycles. The molecule has 0 heterocycles. The van der Waals surface area contributed by atoms with Gasteiger partial charge in [0.25, 0.3) is 0 Å². The molecule has 3 aliphatic rings. The van der Waals surface area contributed by atoms with Gasteiger partial charge in [-0.05, 0) is 49.9 Å². The van der Waals surface area contributed by atoms with Crippen LogP contribution in [0.3, 0.4) is 0 Å². The minimum absolute atomic E-state index is 0.322. The second kappa shape index (κ2) is 1.82. The minimum Gasteiger partial charge on any atom is -0.325 e. The first kappa shape index (κ1) is 6.47. The molecule has 3 rings (SSSR count). The van der Waals surface area contributed by atoms with E-state index in [9.17, 15) is 0 Å². The summed E-state index contributed by atoms with van der Waals surface area (Å²) in [5.74, 6) is 2.88. The van der Waals surface area contributed by atoms with Gasteiger partial charge in [0.2, 0.25) is 0 Å². The van der Waals surface area contributed by atoms with Crippen molar-refractivity contribution in [3.05, 3.63) is 0 Å². The molecule has 0 amide bonds. The van der Waals surface area contributed by atoms with Crippen LogP contribution in [-0.4, -0.2) is 5.54 Å². The van der Waals surface area contributed by atoms with Gasteiger partial charge in [-0.3, -0.25) is 0 Å². The molecule has 0 aliphatic heterocycles. The topological polar surface area (TPSA) is 26.0 Å². The van der Waals surface area contributed by atoms with Crippen LogP contribution in [0.4, 0.5) is 0 Å². The molecule has 11 heavy (non-hydrogen) atoms. The molecule has 2 N–H and O–H groups in total. The monoisotopic (exact) mass is 151 g/mol. The minimum atomic E-state index is 0.322. The quantitative estimate of drug-likeness (QED) is 0.562. The fourth-order valence-electron chi connectivity index (χ4n) is 4.13. The van der Waals surface area contributed by atoms with Crippen molar-refractivity contribution in [2.75, 3.05) is 0 Å². The third-order valence-corrected chi connectivity index (χ3v) is 4.62. The molecule has 62 valence electrons. The number of hydrogen-bond acceptors (Lipinski definition) is 1. The van der Waals surface area contributed by atoms with E-state index in [1.807, 2.05) is 0 Å². The smallest absolute Gasteiger partial charge is 0.0214 e. The summed E-state index contributed by atoms with van der Waals surface area (Å²) in [5, 5.41) is 0. The molecule has 0 aromatic carbocycles. The number of rotatable bonds is 0. The van der Waals surface area contributed by atoms with E-state index in [0.29, 0.717) is 5.54 Å². The van der Waals surface area contributed by atoms with Crippen LogP contribution < -0.4 is 5.73 Å². The summed E-state index contributed by atoms with van der Waals surface area (Å²) < 4.78 is 0. The van der Waals surface area contributed by atoms with Crippen LogP contribution in [0, 0.1) is 17.8 Å². The van der Waals surface area contributed by atoms with E-state index in [1.165, 1.54) is 38.5 Å². The Morgan fingerprint density at radius 3 is 2.91 bits per heavy atom. The third kappa shape index (κ3) is 0.618. The van der Waals surface area contributed by atoms with Crippen LogP contribution in [0.25, 0.3) is 0 Å².